The van der Waals surface area contributed by atoms with Gasteiger partial charge in [0, 0.05) is 48.2 Å². The molecule has 3 aliphatic rings. The van der Waals surface area contributed by atoms with Crippen LogP contribution in [0.4, 0.5) is 20.8 Å². The molecule has 226 valence electrons. The van der Waals surface area contributed by atoms with Crippen molar-refractivity contribution in [1.29, 1.82) is 0 Å². The van der Waals surface area contributed by atoms with Crippen LogP contribution in [0.2, 0.25) is 0 Å². The van der Waals surface area contributed by atoms with Gasteiger partial charge in [0.05, 0.1) is 16.9 Å². The Morgan fingerprint density at radius 2 is 1.91 bits per heavy atom. The second-order valence-electron chi connectivity index (χ2n) is 12.1. The van der Waals surface area contributed by atoms with E-state index in [9.17, 15) is 14.7 Å². The van der Waals surface area contributed by atoms with E-state index in [2.05, 4.69) is 20.6 Å². The molecular formula is C33H33FN6O4. The number of halogens is 1. The lowest BCUT2D eigenvalue weighted by Gasteiger charge is -2.31. The Kier molecular flexibility index (Phi) is 7.02. The topological polar surface area (TPSA) is 130 Å². The Hall–Kier alpha value is -4.80. The lowest BCUT2D eigenvalue weighted by atomic mass is 9.79. The van der Waals surface area contributed by atoms with Gasteiger partial charge in [-0.2, -0.15) is 0 Å². The SMILES string of the molecule is Cc1ccc2c(NC(=O)[C@H]3CC34CCC4)c(F)ccc2c1Oc1ncccc1-c1ccnc(N[C@H]2CCCN(C(=O)O)C2)n1. The summed E-state index contributed by atoms with van der Waals surface area (Å²) in [5.74, 6) is 0.525. The highest BCUT2D eigenvalue weighted by Gasteiger charge is 2.60. The summed E-state index contributed by atoms with van der Waals surface area (Å²) in [6, 6.07) is 12.0. The van der Waals surface area contributed by atoms with Gasteiger partial charge in [-0.05, 0) is 80.3 Å². The molecule has 4 aromatic rings. The maximum absolute atomic E-state index is 15.1. The van der Waals surface area contributed by atoms with Gasteiger partial charge in [-0.25, -0.2) is 24.1 Å². The number of aryl methyl sites for hydroxylation is 1. The summed E-state index contributed by atoms with van der Waals surface area (Å²) in [6.45, 7) is 2.77. The number of carboxylic acid groups (broad SMARTS) is 1. The van der Waals surface area contributed by atoms with Crippen LogP contribution >= 0.6 is 0 Å². The molecule has 10 nitrogen and oxygen atoms in total. The summed E-state index contributed by atoms with van der Waals surface area (Å²) in [7, 11) is 0. The number of rotatable bonds is 7. The summed E-state index contributed by atoms with van der Waals surface area (Å²) in [5.41, 5.74) is 2.31. The van der Waals surface area contributed by atoms with Crippen LogP contribution in [-0.4, -0.2) is 56.1 Å². The zero-order valence-electron chi connectivity index (χ0n) is 24.3. The van der Waals surface area contributed by atoms with E-state index in [1.165, 1.54) is 11.0 Å². The van der Waals surface area contributed by atoms with Gasteiger partial charge in [-0.15, -0.1) is 0 Å². The molecule has 2 aliphatic carbocycles. The van der Waals surface area contributed by atoms with E-state index >= 15 is 4.39 Å². The van der Waals surface area contributed by atoms with Crippen LogP contribution in [-0.2, 0) is 4.79 Å². The zero-order valence-corrected chi connectivity index (χ0v) is 24.3. The molecule has 3 heterocycles. The number of benzene rings is 2. The first kappa shape index (κ1) is 28.0. The molecule has 1 spiro atoms. The lowest BCUT2D eigenvalue weighted by molar-refractivity contribution is -0.118. The average Bonchev–Trinajstić information content (AvgIpc) is 3.78. The standard InChI is InChI=1S/C33H33FN6O4/c1-19-7-8-21-22(9-10-25(34)27(21)39-29(41)24-17-33(24)12-4-13-33)28(19)44-30-23(6-2-14-35-30)26-11-15-36-31(38-26)37-20-5-3-16-40(18-20)32(42)43/h2,6-11,14-15,20,24H,3-5,12-13,16-18H2,1H3,(H,39,41)(H,42,43)(H,36,37,38)/t20-,24+/m0/s1. The number of nitrogens with one attached hydrogen (secondary N) is 2. The number of piperidine rings is 1. The van der Waals surface area contributed by atoms with Gasteiger partial charge in [-0.1, -0.05) is 18.6 Å². The van der Waals surface area contributed by atoms with E-state index in [1.54, 1.807) is 36.7 Å². The van der Waals surface area contributed by atoms with Gasteiger partial charge in [0.2, 0.25) is 17.7 Å². The Bertz CT molecular complexity index is 1780. The molecule has 2 saturated carbocycles. The Morgan fingerprint density at radius 3 is 2.68 bits per heavy atom. The number of ether oxygens (including phenoxy) is 1. The largest absolute Gasteiger partial charge is 0.465 e. The number of aromatic nitrogens is 3. The Labute approximate surface area is 253 Å². The molecule has 3 N–H and O–H groups in total. The number of fused-ring (bicyclic) bond motifs is 1. The van der Waals surface area contributed by atoms with Crippen molar-refractivity contribution >= 4 is 34.4 Å². The molecule has 2 amide bonds. The second-order valence-corrected chi connectivity index (χ2v) is 12.1. The third-order valence-electron chi connectivity index (χ3n) is 9.33. The van der Waals surface area contributed by atoms with Crippen LogP contribution in [0.5, 0.6) is 11.6 Å². The fraction of sp³-hybridized carbons (Fsp3) is 0.364. The van der Waals surface area contributed by atoms with Crippen molar-refractivity contribution < 1.29 is 23.8 Å². The maximum atomic E-state index is 15.1. The number of amides is 2. The number of likely N-dealkylation sites (tertiary alicyclic amines) is 1. The second kappa shape index (κ2) is 11.0. The van der Waals surface area contributed by atoms with Gasteiger partial charge in [0.15, 0.2) is 0 Å². The van der Waals surface area contributed by atoms with Gasteiger partial charge in [-0.3, -0.25) is 4.79 Å². The fourth-order valence-electron chi connectivity index (χ4n) is 6.63. The molecule has 44 heavy (non-hydrogen) atoms. The van der Waals surface area contributed by atoms with Crippen molar-refractivity contribution in [1.82, 2.24) is 19.9 Å². The van der Waals surface area contributed by atoms with E-state index in [1.807, 2.05) is 19.1 Å². The zero-order chi connectivity index (χ0) is 30.4. The highest BCUT2D eigenvalue weighted by molar-refractivity contribution is 6.06. The summed E-state index contributed by atoms with van der Waals surface area (Å²) >= 11 is 0. The Balaban J connectivity index is 1.17. The molecular weight excluding hydrogens is 563 g/mol. The minimum atomic E-state index is -0.936. The third-order valence-corrected chi connectivity index (χ3v) is 9.33. The molecule has 0 radical (unpaired) electrons. The molecule has 11 heteroatoms. The summed E-state index contributed by atoms with van der Waals surface area (Å²) in [6.07, 6.45) is 8.06. The lowest BCUT2D eigenvalue weighted by Crippen LogP contribution is -2.44. The van der Waals surface area contributed by atoms with E-state index in [0.717, 1.165) is 44.1 Å². The van der Waals surface area contributed by atoms with Crippen molar-refractivity contribution in [2.45, 2.75) is 51.5 Å². The van der Waals surface area contributed by atoms with E-state index in [0.29, 0.717) is 52.7 Å². The van der Waals surface area contributed by atoms with Crippen molar-refractivity contribution in [3.63, 3.8) is 0 Å². The number of anilines is 2. The number of pyridine rings is 1. The summed E-state index contributed by atoms with van der Waals surface area (Å²) in [5, 5.41) is 16.7. The first-order chi connectivity index (χ1) is 21.3. The summed E-state index contributed by atoms with van der Waals surface area (Å²) < 4.78 is 21.6. The molecule has 2 atom stereocenters. The van der Waals surface area contributed by atoms with E-state index in [4.69, 9.17) is 9.72 Å². The first-order valence-corrected chi connectivity index (χ1v) is 15.0. The van der Waals surface area contributed by atoms with Crippen molar-refractivity contribution in [3.8, 4) is 22.9 Å². The number of nitrogens with zero attached hydrogens (tertiary/aromatic N) is 4. The quantitative estimate of drug-likeness (QED) is 0.217. The molecule has 2 aromatic heterocycles. The molecule has 1 aliphatic heterocycles. The molecule has 1 saturated heterocycles. The van der Waals surface area contributed by atoms with Crippen LogP contribution in [0.25, 0.3) is 22.0 Å². The third kappa shape index (κ3) is 5.16. The van der Waals surface area contributed by atoms with E-state index < -0.39 is 11.9 Å². The average molecular weight is 597 g/mol. The van der Waals surface area contributed by atoms with Gasteiger partial charge < -0.3 is 25.4 Å². The van der Waals surface area contributed by atoms with Crippen molar-refractivity contribution in [2.24, 2.45) is 11.3 Å². The van der Waals surface area contributed by atoms with Crippen molar-refractivity contribution in [2.75, 3.05) is 23.7 Å². The monoisotopic (exact) mass is 596 g/mol. The molecule has 3 fully saturated rings. The fourth-order valence-corrected chi connectivity index (χ4v) is 6.63. The predicted octanol–water partition coefficient (Wildman–Crippen LogP) is 6.61. The van der Waals surface area contributed by atoms with Crippen LogP contribution in [0.15, 0.2) is 54.9 Å². The van der Waals surface area contributed by atoms with Gasteiger partial charge in [0.1, 0.15) is 11.6 Å². The van der Waals surface area contributed by atoms with Crippen LogP contribution in [0.1, 0.15) is 44.1 Å². The van der Waals surface area contributed by atoms with Gasteiger partial charge >= 0.3 is 6.09 Å². The molecule has 0 bridgehead atoms. The number of hydrogen-bond acceptors (Lipinski definition) is 7. The number of carbonyl (C=O) groups excluding carboxylic acids is 1. The van der Waals surface area contributed by atoms with Crippen LogP contribution in [0, 0.1) is 24.1 Å². The van der Waals surface area contributed by atoms with Crippen LogP contribution in [0.3, 0.4) is 0 Å². The van der Waals surface area contributed by atoms with E-state index in [-0.39, 0.29) is 29.0 Å². The molecule has 7 rings (SSSR count). The number of hydrogen-bond donors (Lipinski definition) is 3. The molecule has 2 aromatic carbocycles. The predicted molar refractivity (Wildman–Crippen MR) is 163 cm³/mol. The molecule has 0 unspecified atom stereocenters. The number of carbonyl (C=O) groups is 2. The Morgan fingerprint density at radius 1 is 1.07 bits per heavy atom. The minimum Gasteiger partial charge on any atom is -0.465 e. The highest BCUT2D eigenvalue weighted by Crippen LogP contribution is 2.65. The smallest absolute Gasteiger partial charge is 0.407 e. The van der Waals surface area contributed by atoms with Gasteiger partial charge in [0.25, 0.3) is 0 Å². The van der Waals surface area contributed by atoms with Crippen LogP contribution < -0.4 is 15.4 Å². The normalized spacial score (nSPS) is 20.2. The van der Waals surface area contributed by atoms with Crippen molar-refractivity contribution in [3.05, 3.63) is 66.2 Å². The highest BCUT2D eigenvalue weighted by atomic mass is 19.1. The first-order valence-electron chi connectivity index (χ1n) is 15.0. The maximum Gasteiger partial charge on any atom is 0.407 e. The minimum absolute atomic E-state index is 0.0513. The summed E-state index contributed by atoms with van der Waals surface area (Å²) in [4.78, 5) is 39.4.